The molecule has 0 radical (unpaired) electrons. The highest BCUT2D eigenvalue weighted by Crippen LogP contribution is 2.17. The summed E-state index contributed by atoms with van der Waals surface area (Å²) >= 11 is 0. The molecule has 0 aliphatic carbocycles. The monoisotopic (exact) mass is 285 g/mol. The van der Waals surface area contributed by atoms with Crippen LogP contribution in [0.25, 0.3) is 0 Å². The molecule has 1 aromatic heterocycles. The number of carbonyl (C=O) groups excluding carboxylic acids is 1. The minimum absolute atomic E-state index is 0.186. The predicted molar refractivity (Wildman–Crippen MR) is 82.3 cm³/mol. The van der Waals surface area contributed by atoms with Gasteiger partial charge in [0.25, 0.3) is 0 Å². The summed E-state index contributed by atoms with van der Waals surface area (Å²) in [5, 5.41) is 2.84. The first-order chi connectivity index (χ1) is 10.2. The van der Waals surface area contributed by atoms with Gasteiger partial charge in [-0.2, -0.15) is 0 Å². The molecule has 0 aliphatic rings. The number of nitrogens with one attached hydrogen (secondary N) is 1. The number of benzene rings is 1. The number of amides is 2. The summed E-state index contributed by atoms with van der Waals surface area (Å²) < 4.78 is 5.41. The lowest BCUT2D eigenvalue weighted by Crippen LogP contribution is -2.31. The first-order valence-corrected chi connectivity index (χ1v) is 6.84. The second-order valence-electron chi connectivity index (χ2n) is 4.57. The summed E-state index contributed by atoms with van der Waals surface area (Å²) in [6, 6.07) is 12.8. The summed E-state index contributed by atoms with van der Waals surface area (Å²) in [5.74, 6) is 0.739. The van der Waals surface area contributed by atoms with Crippen molar-refractivity contribution in [1.82, 2.24) is 9.88 Å². The zero-order valence-corrected chi connectivity index (χ0v) is 12.2. The molecular formula is C16H19N3O2. The third-order valence-electron chi connectivity index (χ3n) is 2.87. The maximum Gasteiger partial charge on any atom is 0.321 e. The molecule has 2 aromatic rings. The number of aromatic nitrogens is 1. The van der Waals surface area contributed by atoms with Crippen molar-refractivity contribution in [2.24, 2.45) is 0 Å². The lowest BCUT2D eigenvalue weighted by Gasteiger charge is -2.17. The molecule has 2 rings (SSSR count). The highest BCUT2D eigenvalue weighted by atomic mass is 16.5. The van der Waals surface area contributed by atoms with Crippen LogP contribution >= 0.6 is 0 Å². The molecule has 2 amide bonds. The standard InChI is InChI=1S/C16H19N3O2/c1-3-21-15-9-6-8-13(11-15)18-16(20)19(2)12-14-7-4-5-10-17-14/h4-11H,3,12H2,1-2H3,(H,18,20). The first kappa shape index (κ1) is 14.8. The molecule has 0 fully saturated rings. The SMILES string of the molecule is CCOc1cccc(NC(=O)N(C)Cc2ccccn2)c1. The van der Waals surface area contributed by atoms with Crippen LogP contribution in [0.1, 0.15) is 12.6 Å². The zero-order chi connectivity index (χ0) is 15.1. The van der Waals surface area contributed by atoms with Gasteiger partial charge < -0.3 is 15.0 Å². The molecule has 0 atom stereocenters. The number of nitrogens with zero attached hydrogens (tertiary/aromatic N) is 2. The first-order valence-electron chi connectivity index (χ1n) is 6.84. The van der Waals surface area contributed by atoms with Crippen LogP contribution in [0.4, 0.5) is 10.5 Å². The van der Waals surface area contributed by atoms with E-state index in [0.29, 0.717) is 18.8 Å². The van der Waals surface area contributed by atoms with Crippen LogP contribution in [0, 0.1) is 0 Å². The van der Waals surface area contributed by atoms with Crippen molar-refractivity contribution in [3.8, 4) is 5.75 Å². The molecule has 0 spiro atoms. The summed E-state index contributed by atoms with van der Waals surface area (Å²) in [7, 11) is 1.73. The van der Waals surface area contributed by atoms with Gasteiger partial charge in [0.05, 0.1) is 18.8 Å². The van der Waals surface area contributed by atoms with E-state index in [0.717, 1.165) is 11.4 Å². The second kappa shape index (κ2) is 7.28. The van der Waals surface area contributed by atoms with Gasteiger partial charge >= 0.3 is 6.03 Å². The van der Waals surface area contributed by atoms with Gasteiger partial charge in [0.1, 0.15) is 5.75 Å². The van der Waals surface area contributed by atoms with Crippen molar-refractivity contribution in [1.29, 1.82) is 0 Å². The highest BCUT2D eigenvalue weighted by Gasteiger charge is 2.10. The van der Waals surface area contributed by atoms with Gasteiger partial charge in [-0.3, -0.25) is 4.98 Å². The normalized spacial score (nSPS) is 10.0. The van der Waals surface area contributed by atoms with Crippen LogP contribution in [0.3, 0.4) is 0 Å². The lowest BCUT2D eigenvalue weighted by atomic mass is 10.3. The molecule has 1 N–H and O–H groups in total. The number of ether oxygens (including phenoxy) is 1. The Morgan fingerprint density at radius 3 is 2.86 bits per heavy atom. The van der Waals surface area contributed by atoms with Gasteiger partial charge in [0.2, 0.25) is 0 Å². The Morgan fingerprint density at radius 1 is 1.29 bits per heavy atom. The van der Waals surface area contributed by atoms with E-state index >= 15 is 0 Å². The van der Waals surface area contributed by atoms with Crippen LogP contribution in [-0.4, -0.2) is 29.6 Å². The van der Waals surface area contributed by atoms with E-state index in [9.17, 15) is 4.79 Å². The van der Waals surface area contributed by atoms with Crippen molar-refractivity contribution in [3.63, 3.8) is 0 Å². The quantitative estimate of drug-likeness (QED) is 0.918. The number of rotatable bonds is 5. The zero-order valence-electron chi connectivity index (χ0n) is 12.2. The molecule has 110 valence electrons. The maximum atomic E-state index is 12.1. The predicted octanol–water partition coefficient (Wildman–Crippen LogP) is 3.14. The van der Waals surface area contributed by atoms with Crippen molar-refractivity contribution in [2.75, 3.05) is 19.0 Å². The van der Waals surface area contributed by atoms with E-state index in [1.54, 1.807) is 24.2 Å². The topological polar surface area (TPSA) is 54.5 Å². The number of pyridine rings is 1. The van der Waals surface area contributed by atoms with E-state index in [-0.39, 0.29) is 6.03 Å². The van der Waals surface area contributed by atoms with Gasteiger partial charge in [-0.15, -0.1) is 0 Å². The second-order valence-corrected chi connectivity index (χ2v) is 4.57. The Morgan fingerprint density at radius 2 is 2.14 bits per heavy atom. The molecule has 0 saturated heterocycles. The lowest BCUT2D eigenvalue weighted by molar-refractivity contribution is 0.220. The Hall–Kier alpha value is -2.56. The molecule has 0 saturated carbocycles. The number of urea groups is 1. The molecule has 1 aromatic carbocycles. The van der Waals surface area contributed by atoms with E-state index in [2.05, 4.69) is 10.3 Å². The summed E-state index contributed by atoms with van der Waals surface area (Å²) in [6.45, 7) is 2.97. The van der Waals surface area contributed by atoms with E-state index in [1.807, 2.05) is 43.3 Å². The molecule has 0 unspecified atom stereocenters. The number of hydrogen-bond acceptors (Lipinski definition) is 3. The minimum Gasteiger partial charge on any atom is -0.494 e. The molecular weight excluding hydrogens is 266 g/mol. The third kappa shape index (κ3) is 4.49. The van der Waals surface area contributed by atoms with Gasteiger partial charge in [-0.25, -0.2) is 4.79 Å². The van der Waals surface area contributed by atoms with Crippen LogP contribution in [-0.2, 0) is 6.54 Å². The molecule has 1 heterocycles. The Balaban J connectivity index is 1.95. The molecule has 0 bridgehead atoms. The Kier molecular flexibility index (Phi) is 5.15. The van der Waals surface area contributed by atoms with Gasteiger partial charge in [-0.05, 0) is 31.2 Å². The summed E-state index contributed by atoms with van der Waals surface area (Å²) in [5.41, 5.74) is 1.55. The number of anilines is 1. The third-order valence-corrected chi connectivity index (χ3v) is 2.87. The van der Waals surface area contributed by atoms with Crippen molar-refractivity contribution in [3.05, 3.63) is 54.4 Å². The Labute approximate surface area is 124 Å². The van der Waals surface area contributed by atoms with Crippen LogP contribution in [0.15, 0.2) is 48.7 Å². The largest absolute Gasteiger partial charge is 0.494 e. The average molecular weight is 285 g/mol. The fourth-order valence-corrected chi connectivity index (χ4v) is 1.86. The number of hydrogen-bond donors (Lipinski definition) is 1. The van der Waals surface area contributed by atoms with Gasteiger partial charge in [0, 0.05) is 25.0 Å². The average Bonchev–Trinajstić information content (AvgIpc) is 2.49. The van der Waals surface area contributed by atoms with Gasteiger partial charge in [-0.1, -0.05) is 12.1 Å². The van der Waals surface area contributed by atoms with Crippen molar-refractivity contribution >= 4 is 11.7 Å². The van der Waals surface area contributed by atoms with Crippen LogP contribution < -0.4 is 10.1 Å². The molecule has 0 aliphatic heterocycles. The summed E-state index contributed by atoms with van der Waals surface area (Å²) in [4.78, 5) is 17.9. The molecule has 5 nitrogen and oxygen atoms in total. The van der Waals surface area contributed by atoms with E-state index in [4.69, 9.17) is 4.74 Å². The number of carbonyl (C=O) groups is 1. The van der Waals surface area contributed by atoms with Crippen LogP contribution in [0.2, 0.25) is 0 Å². The highest BCUT2D eigenvalue weighted by molar-refractivity contribution is 5.89. The van der Waals surface area contributed by atoms with E-state index in [1.165, 1.54) is 0 Å². The van der Waals surface area contributed by atoms with Crippen molar-refractivity contribution < 1.29 is 9.53 Å². The summed E-state index contributed by atoms with van der Waals surface area (Å²) in [6.07, 6.45) is 1.71. The fraction of sp³-hybridized carbons (Fsp3) is 0.250. The van der Waals surface area contributed by atoms with Crippen molar-refractivity contribution in [2.45, 2.75) is 13.5 Å². The fourth-order valence-electron chi connectivity index (χ4n) is 1.86. The Bertz CT molecular complexity index is 587. The minimum atomic E-state index is -0.186. The smallest absolute Gasteiger partial charge is 0.321 e. The molecule has 21 heavy (non-hydrogen) atoms. The maximum absolute atomic E-state index is 12.1. The molecule has 5 heteroatoms. The van der Waals surface area contributed by atoms with Crippen LogP contribution in [0.5, 0.6) is 5.75 Å². The van der Waals surface area contributed by atoms with E-state index < -0.39 is 0 Å². The van der Waals surface area contributed by atoms with Gasteiger partial charge in [0.15, 0.2) is 0 Å².